The van der Waals surface area contributed by atoms with Gasteiger partial charge in [-0.3, -0.25) is 4.52 Å². The average Bonchev–Trinajstić information content (AvgIpc) is 3.19. The van der Waals surface area contributed by atoms with E-state index in [1.54, 1.807) is 0 Å². The van der Waals surface area contributed by atoms with Crippen LogP contribution in [0.2, 0.25) is 0 Å². The quantitative estimate of drug-likeness (QED) is 0.501. The monoisotopic (exact) mass is 463 g/mol. The Kier molecular flexibility index (Phi) is 5.38. The molecule has 0 aliphatic rings. The Hall–Kier alpha value is -2.58. The molecule has 144 valence electrons. The van der Waals surface area contributed by atoms with E-state index in [1.165, 1.54) is 12.1 Å². The zero-order chi connectivity index (χ0) is 19.6. The molecule has 1 aromatic carbocycles. The van der Waals surface area contributed by atoms with Crippen LogP contribution in [0.25, 0.3) is 17.2 Å². The molecule has 2 heterocycles. The number of hydrogen-bond donors (Lipinski definition) is 1. The lowest BCUT2D eigenvalue weighted by molar-refractivity contribution is 0.255. The number of nitrogens with zero attached hydrogens (tertiary/aromatic N) is 4. The maximum absolute atomic E-state index is 13.5. The van der Waals surface area contributed by atoms with E-state index in [0.717, 1.165) is 10.6 Å². The Labute approximate surface area is 159 Å². The summed E-state index contributed by atoms with van der Waals surface area (Å²) in [4.78, 5) is 12.0. The van der Waals surface area contributed by atoms with E-state index in [2.05, 4.69) is 40.6 Å². The van der Waals surface area contributed by atoms with Crippen LogP contribution in [0, 0.1) is 5.82 Å². The molecule has 27 heavy (non-hydrogen) atoms. The van der Waals surface area contributed by atoms with Crippen LogP contribution in [-0.4, -0.2) is 40.8 Å². The zero-order valence-corrected chi connectivity index (χ0v) is 15.7. The van der Waals surface area contributed by atoms with E-state index in [0.29, 0.717) is 0 Å². The Morgan fingerprint density at radius 2 is 2.07 bits per heavy atom. The number of benzene rings is 1. The number of hydrogen-bond acceptors (Lipinski definition) is 9. The van der Waals surface area contributed by atoms with Gasteiger partial charge in [0, 0.05) is 0 Å². The molecular weight excluding hydrogens is 453 g/mol. The van der Waals surface area contributed by atoms with Gasteiger partial charge < -0.3 is 4.74 Å². The van der Waals surface area contributed by atoms with Gasteiger partial charge in [0.1, 0.15) is 5.82 Å². The average molecular weight is 464 g/mol. The van der Waals surface area contributed by atoms with Crippen LogP contribution in [0.1, 0.15) is 6.42 Å². The Morgan fingerprint density at radius 1 is 1.30 bits per heavy atom. The second kappa shape index (κ2) is 7.58. The van der Waals surface area contributed by atoms with Crippen molar-refractivity contribution in [3.05, 3.63) is 39.0 Å². The number of ether oxygens (including phenoxy) is 1. The predicted molar refractivity (Wildman–Crippen MR) is 91.1 cm³/mol. The number of nitrogens with two attached hydrogens (primary N) is 1. The predicted octanol–water partition coefficient (Wildman–Crippen LogP) is 0.834. The molecule has 0 radical (unpaired) electrons. The molecule has 0 unspecified atom stereocenters. The van der Waals surface area contributed by atoms with Crippen molar-refractivity contribution in [1.82, 2.24) is 20.0 Å². The van der Waals surface area contributed by atoms with Crippen molar-refractivity contribution >= 4 is 26.0 Å². The third-order valence-electron chi connectivity index (χ3n) is 3.25. The number of aromatic nitrogens is 4. The van der Waals surface area contributed by atoms with Crippen LogP contribution in [0.3, 0.4) is 0 Å². The second-order valence-electron chi connectivity index (χ2n) is 5.19. The molecule has 0 spiro atoms. The van der Waals surface area contributed by atoms with Crippen molar-refractivity contribution in [3.8, 4) is 23.1 Å². The fraction of sp³-hybridized carbons (Fsp3) is 0.231. The lowest BCUT2D eigenvalue weighted by Crippen LogP contribution is -2.18. The lowest BCUT2D eigenvalue weighted by atomic mass is 10.3. The van der Waals surface area contributed by atoms with Gasteiger partial charge in [-0.15, -0.1) is 0 Å². The zero-order valence-electron chi connectivity index (χ0n) is 13.3. The number of sulfonamides is 1. The molecule has 0 bridgehead atoms. The van der Waals surface area contributed by atoms with Crippen LogP contribution in [0.4, 0.5) is 4.39 Å². The summed E-state index contributed by atoms with van der Waals surface area (Å²) in [7, 11) is -3.62. The first-order valence-electron chi connectivity index (χ1n) is 7.26. The molecule has 0 fully saturated rings. The van der Waals surface area contributed by atoms with Crippen molar-refractivity contribution in [3.63, 3.8) is 0 Å². The molecular formula is C13H11BrFN5O6S. The minimum absolute atomic E-state index is 0.0537. The van der Waals surface area contributed by atoms with E-state index in [9.17, 15) is 17.6 Å². The maximum atomic E-state index is 13.5. The van der Waals surface area contributed by atoms with E-state index in [1.807, 2.05) is 0 Å². The molecule has 11 nitrogen and oxygen atoms in total. The number of primary sulfonamides is 1. The third kappa shape index (κ3) is 4.40. The van der Waals surface area contributed by atoms with Gasteiger partial charge in [-0.1, -0.05) is 5.16 Å². The highest BCUT2D eigenvalue weighted by molar-refractivity contribution is 9.10. The molecule has 0 amide bonds. The van der Waals surface area contributed by atoms with Crippen molar-refractivity contribution in [2.75, 3.05) is 12.4 Å². The van der Waals surface area contributed by atoms with Gasteiger partial charge in [-0.05, 0) is 50.9 Å². The molecule has 0 aliphatic heterocycles. The normalized spacial score (nSPS) is 11.7. The third-order valence-corrected chi connectivity index (χ3v) is 4.71. The Morgan fingerprint density at radius 3 is 2.78 bits per heavy atom. The summed E-state index contributed by atoms with van der Waals surface area (Å²) in [5.41, 5.74) is 0.185. The van der Waals surface area contributed by atoms with Crippen molar-refractivity contribution in [1.29, 1.82) is 0 Å². The van der Waals surface area contributed by atoms with E-state index in [4.69, 9.17) is 9.88 Å². The Bertz CT molecular complexity index is 1120. The molecule has 2 aromatic heterocycles. The molecule has 14 heteroatoms. The second-order valence-corrected chi connectivity index (χ2v) is 7.78. The Balaban J connectivity index is 1.89. The molecule has 3 aromatic rings. The standard InChI is InChI=1S/C13H11BrFN5O6S/c14-8-6-7(2-3-9(8)15)20-11(18-25-13(20)21)10-12(19-26-17-10)24-4-1-5-27(16,22)23/h2-3,6H,1,4-5H2,(H2,16,22,23). The van der Waals surface area contributed by atoms with Gasteiger partial charge in [0.2, 0.25) is 21.5 Å². The van der Waals surface area contributed by atoms with Crippen LogP contribution in [0.15, 0.2) is 36.6 Å². The van der Waals surface area contributed by atoms with Crippen molar-refractivity contribution < 1.29 is 26.7 Å². The first kappa shape index (κ1) is 19.2. The largest absolute Gasteiger partial charge is 0.474 e. The highest BCUT2D eigenvalue weighted by Gasteiger charge is 2.24. The van der Waals surface area contributed by atoms with Crippen molar-refractivity contribution in [2.45, 2.75) is 6.42 Å². The van der Waals surface area contributed by atoms with Gasteiger partial charge >= 0.3 is 5.76 Å². The first-order chi connectivity index (χ1) is 12.8. The summed E-state index contributed by atoms with van der Waals surface area (Å²) in [6.45, 7) is -0.0537. The van der Waals surface area contributed by atoms with Gasteiger partial charge in [-0.25, -0.2) is 31.9 Å². The smallest absolute Gasteiger partial charge is 0.446 e. The minimum Gasteiger partial charge on any atom is -0.474 e. The summed E-state index contributed by atoms with van der Waals surface area (Å²) in [5.74, 6) is -1.89. The molecule has 0 aliphatic carbocycles. The maximum Gasteiger partial charge on any atom is 0.446 e. The highest BCUT2D eigenvalue weighted by Crippen LogP contribution is 2.27. The van der Waals surface area contributed by atoms with Crippen LogP contribution in [0.5, 0.6) is 5.88 Å². The first-order valence-corrected chi connectivity index (χ1v) is 9.77. The van der Waals surface area contributed by atoms with Crippen molar-refractivity contribution in [2.24, 2.45) is 5.14 Å². The summed E-state index contributed by atoms with van der Waals surface area (Å²) >= 11 is 3.03. The van der Waals surface area contributed by atoms with Gasteiger partial charge in [0.15, 0.2) is 0 Å². The van der Waals surface area contributed by atoms with Crippen LogP contribution in [-0.2, 0) is 10.0 Å². The van der Waals surface area contributed by atoms with Crippen LogP contribution < -0.4 is 15.6 Å². The summed E-state index contributed by atoms with van der Waals surface area (Å²) in [6, 6.07) is 3.83. The van der Waals surface area contributed by atoms with Gasteiger partial charge in [-0.2, -0.15) is 0 Å². The fourth-order valence-electron chi connectivity index (χ4n) is 2.09. The molecule has 2 N–H and O–H groups in total. The molecule has 0 saturated heterocycles. The van der Waals surface area contributed by atoms with E-state index in [-0.39, 0.29) is 46.3 Å². The number of rotatable bonds is 7. The molecule has 0 saturated carbocycles. The van der Waals surface area contributed by atoms with Gasteiger partial charge in [0.25, 0.3) is 5.88 Å². The van der Waals surface area contributed by atoms with E-state index < -0.39 is 21.6 Å². The molecule has 0 atom stereocenters. The minimum atomic E-state index is -3.62. The van der Waals surface area contributed by atoms with Gasteiger partial charge in [0.05, 0.1) is 22.5 Å². The number of halogens is 2. The topological polar surface area (TPSA) is 156 Å². The lowest BCUT2D eigenvalue weighted by Gasteiger charge is -2.05. The summed E-state index contributed by atoms with van der Waals surface area (Å²) < 4.78 is 51.0. The summed E-state index contributed by atoms with van der Waals surface area (Å²) in [5, 5.41) is 15.7. The van der Waals surface area contributed by atoms with E-state index >= 15 is 0 Å². The highest BCUT2D eigenvalue weighted by atomic mass is 79.9. The molecule has 3 rings (SSSR count). The van der Waals surface area contributed by atoms with Crippen LogP contribution >= 0.6 is 15.9 Å². The SMILES string of the molecule is NS(=O)(=O)CCCOc1nonc1-c1noc(=O)n1-c1ccc(F)c(Br)c1. The summed E-state index contributed by atoms with van der Waals surface area (Å²) in [6.07, 6.45) is 0.0989. The fourth-order valence-corrected chi connectivity index (χ4v) is 2.98.